The van der Waals surface area contributed by atoms with Gasteiger partial charge in [0.25, 0.3) is 5.91 Å². The zero-order valence-electron chi connectivity index (χ0n) is 14.6. The molecule has 25 heavy (non-hydrogen) atoms. The van der Waals surface area contributed by atoms with Crippen LogP contribution in [0.2, 0.25) is 0 Å². The molecule has 136 valence electrons. The molecule has 2 N–H and O–H groups in total. The van der Waals surface area contributed by atoms with Crippen LogP contribution in [-0.4, -0.2) is 24.4 Å². The number of anilines is 1. The van der Waals surface area contributed by atoms with Gasteiger partial charge in [0.1, 0.15) is 5.69 Å². The number of hydrogen-bond acceptors (Lipinski definition) is 3. The Morgan fingerprint density at radius 2 is 1.92 bits per heavy atom. The molecule has 2 rings (SSSR count). The summed E-state index contributed by atoms with van der Waals surface area (Å²) in [4.78, 5) is 12.6. The van der Waals surface area contributed by atoms with Crippen molar-refractivity contribution in [2.45, 2.75) is 44.7 Å². The highest BCUT2D eigenvalue weighted by molar-refractivity contribution is 9.10. The van der Waals surface area contributed by atoms with Crippen molar-refractivity contribution in [2.75, 3.05) is 5.32 Å². The summed E-state index contributed by atoms with van der Waals surface area (Å²) in [5.74, 6) is -0.300. The highest BCUT2D eigenvalue weighted by atomic mass is 79.9. The molecule has 1 aromatic carbocycles. The predicted octanol–water partition coefficient (Wildman–Crippen LogP) is 3.60. The van der Waals surface area contributed by atoms with E-state index in [1.165, 1.54) is 12.1 Å². The predicted molar refractivity (Wildman–Crippen MR) is 102 cm³/mol. The molecule has 8 heteroatoms. The van der Waals surface area contributed by atoms with Gasteiger partial charge in [-0.2, -0.15) is 0 Å². The number of amides is 1. The minimum Gasteiger partial charge on any atom is -0.343 e. The minimum absolute atomic E-state index is 0.104. The lowest BCUT2D eigenvalue weighted by Crippen LogP contribution is -2.40. The number of nitrogens with zero attached hydrogens (tertiary/aromatic N) is 1. The van der Waals surface area contributed by atoms with Crippen molar-refractivity contribution in [3.63, 3.8) is 0 Å². The first-order valence-corrected chi connectivity index (χ1v) is 10.1. The Hall–Kier alpha value is -1.64. The molecular weight excluding hydrogens is 406 g/mol. The number of aromatic nitrogens is 1. The summed E-state index contributed by atoms with van der Waals surface area (Å²) in [6, 6.07) is 7.92. The van der Waals surface area contributed by atoms with Crippen LogP contribution < -0.4 is 10.0 Å². The third kappa shape index (κ3) is 5.17. The normalized spacial score (nSPS) is 12.2. The summed E-state index contributed by atoms with van der Waals surface area (Å²) in [5.41, 5.74) is 0.323. The second-order valence-electron chi connectivity index (χ2n) is 6.67. The molecule has 6 nitrogen and oxygen atoms in total. The van der Waals surface area contributed by atoms with E-state index in [-0.39, 0.29) is 10.8 Å². The molecule has 0 radical (unpaired) electrons. The van der Waals surface area contributed by atoms with Crippen molar-refractivity contribution in [2.24, 2.45) is 0 Å². The first-order valence-electron chi connectivity index (χ1n) is 7.83. The number of sulfonamides is 1. The number of aryl methyl sites for hydroxylation is 1. The lowest BCUT2D eigenvalue weighted by Gasteiger charge is -2.20. The first kappa shape index (κ1) is 19.7. The molecule has 1 heterocycles. The summed E-state index contributed by atoms with van der Waals surface area (Å²) < 4.78 is 30.1. The summed E-state index contributed by atoms with van der Waals surface area (Å²) in [5, 5.41) is 2.75. The van der Waals surface area contributed by atoms with Gasteiger partial charge in [-0.25, -0.2) is 13.1 Å². The highest BCUT2D eigenvalue weighted by Gasteiger charge is 2.22. The molecule has 0 atom stereocenters. The lowest BCUT2D eigenvalue weighted by molar-refractivity contribution is 0.101. The van der Waals surface area contributed by atoms with Crippen LogP contribution in [0.15, 0.2) is 45.9 Å². The van der Waals surface area contributed by atoms with E-state index in [4.69, 9.17) is 0 Å². The Balaban J connectivity index is 2.26. The number of carbonyl (C=O) groups excluding carboxylic acids is 1. The Labute approximate surface area is 156 Å². The monoisotopic (exact) mass is 427 g/mol. The van der Waals surface area contributed by atoms with Gasteiger partial charge < -0.3 is 9.88 Å². The molecule has 0 unspecified atom stereocenters. The maximum Gasteiger partial charge on any atom is 0.272 e. The van der Waals surface area contributed by atoms with Crippen molar-refractivity contribution in [3.05, 3.63) is 46.7 Å². The van der Waals surface area contributed by atoms with Gasteiger partial charge >= 0.3 is 0 Å². The Bertz CT molecular complexity index is 883. The quantitative estimate of drug-likeness (QED) is 0.764. The summed E-state index contributed by atoms with van der Waals surface area (Å²) in [6.45, 7) is 7.90. The molecule has 0 aliphatic heterocycles. The smallest absolute Gasteiger partial charge is 0.272 e. The number of nitrogens with one attached hydrogen (secondary N) is 2. The fourth-order valence-corrected chi connectivity index (χ4v) is 4.25. The van der Waals surface area contributed by atoms with Gasteiger partial charge in [0.2, 0.25) is 10.0 Å². The summed E-state index contributed by atoms with van der Waals surface area (Å²) >= 11 is 3.35. The zero-order chi connectivity index (χ0) is 18.8. The van der Waals surface area contributed by atoms with E-state index in [9.17, 15) is 13.2 Å². The third-order valence-corrected chi connectivity index (χ3v) is 5.47. The Morgan fingerprint density at radius 1 is 1.24 bits per heavy atom. The van der Waals surface area contributed by atoms with Crippen molar-refractivity contribution >= 4 is 37.5 Å². The van der Waals surface area contributed by atoms with Gasteiger partial charge in [0.05, 0.1) is 4.90 Å². The van der Waals surface area contributed by atoms with Gasteiger partial charge in [0.15, 0.2) is 0 Å². The van der Waals surface area contributed by atoms with E-state index in [1.54, 1.807) is 43.5 Å². The molecule has 0 saturated carbocycles. The van der Waals surface area contributed by atoms with Crippen LogP contribution in [-0.2, 0) is 16.6 Å². The van der Waals surface area contributed by atoms with Gasteiger partial charge in [-0.05, 0) is 67.9 Å². The molecule has 2 aromatic rings. The standard InChI is InChI=1S/C17H22BrN3O3S/c1-5-21-11-12(18)9-15(21)16(22)19-13-7-6-8-14(10-13)25(23,24)20-17(2,3)4/h6-11,20H,5H2,1-4H3,(H,19,22). The fourth-order valence-electron chi connectivity index (χ4n) is 2.32. The molecule has 0 bridgehead atoms. The minimum atomic E-state index is -3.66. The topological polar surface area (TPSA) is 80.2 Å². The van der Waals surface area contributed by atoms with E-state index in [0.717, 1.165) is 4.47 Å². The first-order chi connectivity index (χ1) is 11.5. The largest absolute Gasteiger partial charge is 0.343 e. The van der Waals surface area contributed by atoms with Crippen molar-refractivity contribution in [1.82, 2.24) is 9.29 Å². The van der Waals surface area contributed by atoms with Crippen LogP contribution in [0.25, 0.3) is 0 Å². The molecule has 0 aliphatic rings. The van der Waals surface area contributed by atoms with Gasteiger partial charge in [0, 0.05) is 28.4 Å². The van der Waals surface area contributed by atoms with Crippen LogP contribution in [0.1, 0.15) is 38.2 Å². The third-order valence-electron chi connectivity index (χ3n) is 3.28. The number of carbonyl (C=O) groups is 1. The molecule has 0 saturated heterocycles. The molecular formula is C17H22BrN3O3S. The van der Waals surface area contributed by atoms with E-state index >= 15 is 0 Å². The Morgan fingerprint density at radius 3 is 2.52 bits per heavy atom. The van der Waals surface area contributed by atoms with Gasteiger partial charge in [-0.1, -0.05) is 6.07 Å². The maximum absolute atomic E-state index is 12.5. The van der Waals surface area contributed by atoms with E-state index in [1.807, 2.05) is 13.1 Å². The van der Waals surface area contributed by atoms with Gasteiger partial charge in [-0.3, -0.25) is 4.79 Å². The van der Waals surface area contributed by atoms with E-state index in [2.05, 4.69) is 26.0 Å². The van der Waals surface area contributed by atoms with Crippen LogP contribution >= 0.6 is 15.9 Å². The maximum atomic E-state index is 12.5. The number of benzene rings is 1. The number of rotatable bonds is 5. The average Bonchev–Trinajstić information content (AvgIpc) is 2.86. The van der Waals surface area contributed by atoms with Crippen molar-refractivity contribution in [3.8, 4) is 0 Å². The Kier molecular flexibility index (Phi) is 5.75. The lowest BCUT2D eigenvalue weighted by atomic mass is 10.1. The fraction of sp³-hybridized carbons (Fsp3) is 0.353. The molecule has 1 aromatic heterocycles. The number of hydrogen-bond donors (Lipinski definition) is 2. The van der Waals surface area contributed by atoms with Crippen LogP contribution in [0.3, 0.4) is 0 Å². The van der Waals surface area contributed by atoms with Crippen LogP contribution in [0.4, 0.5) is 5.69 Å². The van der Waals surface area contributed by atoms with Crippen LogP contribution in [0, 0.1) is 0 Å². The molecule has 0 fully saturated rings. The van der Waals surface area contributed by atoms with E-state index < -0.39 is 15.6 Å². The average molecular weight is 428 g/mol. The summed E-state index contributed by atoms with van der Waals surface area (Å²) in [6.07, 6.45) is 1.82. The highest BCUT2D eigenvalue weighted by Crippen LogP contribution is 2.20. The second kappa shape index (κ2) is 7.31. The van der Waals surface area contributed by atoms with E-state index in [0.29, 0.717) is 17.9 Å². The molecule has 1 amide bonds. The number of halogens is 1. The SMILES string of the molecule is CCn1cc(Br)cc1C(=O)Nc1cccc(S(=O)(=O)NC(C)(C)C)c1. The second-order valence-corrected chi connectivity index (χ2v) is 9.27. The van der Waals surface area contributed by atoms with Crippen LogP contribution in [0.5, 0.6) is 0 Å². The van der Waals surface area contributed by atoms with Gasteiger partial charge in [-0.15, -0.1) is 0 Å². The summed E-state index contributed by atoms with van der Waals surface area (Å²) in [7, 11) is -3.66. The molecule has 0 aliphatic carbocycles. The molecule has 0 spiro atoms. The van der Waals surface area contributed by atoms with Crippen molar-refractivity contribution < 1.29 is 13.2 Å². The van der Waals surface area contributed by atoms with Crippen molar-refractivity contribution in [1.29, 1.82) is 0 Å². The zero-order valence-corrected chi connectivity index (χ0v) is 17.0.